The molecule has 0 unspecified atom stereocenters. The van der Waals surface area contributed by atoms with Crippen molar-refractivity contribution in [2.24, 2.45) is 71.0 Å². The summed E-state index contributed by atoms with van der Waals surface area (Å²) >= 11 is 0. The van der Waals surface area contributed by atoms with Gasteiger partial charge in [0, 0.05) is 79.8 Å². The van der Waals surface area contributed by atoms with E-state index in [4.69, 9.17) is 72.5 Å². The number of rotatable bonds is 12. The zero-order chi connectivity index (χ0) is 92.1. The minimum atomic E-state index is -0.746. The van der Waals surface area contributed by atoms with E-state index < -0.39 is 59.8 Å². The fraction of sp³-hybridized carbons (Fsp3) is 0.686. The Kier molecular flexibility index (Phi) is 37.7. The van der Waals surface area contributed by atoms with Crippen LogP contribution in [-0.2, 0) is 132 Å². The molecule has 3 amide bonds. The summed E-state index contributed by atoms with van der Waals surface area (Å²) in [5, 5.41) is 0. The van der Waals surface area contributed by atoms with Crippen LogP contribution in [0.2, 0.25) is 0 Å². The summed E-state index contributed by atoms with van der Waals surface area (Å²) in [5.74, 6) is 1.30. The summed E-state index contributed by atoms with van der Waals surface area (Å²) in [7, 11) is 4.87. The predicted molar refractivity (Wildman–Crippen MR) is 495 cm³/mol. The third kappa shape index (κ3) is 24.9. The Morgan fingerprint density at radius 2 is 0.674 bits per heavy atom. The van der Waals surface area contributed by atoms with Crippen molar-refractivity contribution in [3.05, 3.63) is 71.7 Å². The van der Waals surface area contributed by atoms with E-state index in [-0.39, 0.29) is 178 Å². The first-order valence-corrected chi connectivity index (χ1v) is 50.5. The fourth-order valence-electron chi connectivity index (χ4n) is 24.0. The second-order valence-electron chi connectivity index (χ2n) is 40.2. The molecule has 6 saturated carbocycles. The zero-order valence-electron chi connectivity index (χ0n) is 80.1. The van der Waals surface area contributed by atoms with Crippen molar-refractivity contribution in [1.29, 1.82) is 0 Å². The Labute approximate surface area is 831 Å². The van der Waals surface area contributed by atoms with E-state index in [2.05, 4.69) is 18.9 Å². The summed E-state index contributed by atoms with van der Waals surface area (Å²) in [6.45, 7) is 8.80. The number of fused-ring (bicyclic) bond motifs is 15. The molecule has 27 nitrogen and oxygen atoms in total. The van der Waals surface area contributed by atoms with Crippen molar-refractivity contribution in [1.82, 2.24) is 44.6 Å². The van der Waals surface area contributed by atoms with Gasteiger partial charge in [0.1, 0.15) is 70.5 Å². The Hall–Kier alpha value is -7.94. The number of carbonyl (C=O) groups is 6. The monoisotopic (exact) mass is 1970 g/mol. The van der Waals surface area contributed by atoms with E-state index in [0.29, 0.717) is 108 Å². The SMILES string of the molecule is CC[C@@H]1[C@@H]2CN(C(=O)[C@H](C3CCCCC3)CC(=O)O[C@@H]3CCC[C@H]3CCCCCc3nc4ccc(OC)cc4nc3O2)[C@@H]1[C-]=O.CC[C@@H]1[C@@H]2CN(C(=O)[C@H](C3CCCCC3)CC(=O)O[C@@H]3C[C@H]3CCCCCc3nc4ccc(OC)cc4nc3O2)[C@@H]1[C-]=O.CC[C@@H]1[C@@H]2CN(C(=O)[C@H](C3CCCCC3)CC(=O)O[C@]3(C)C[C@H]3CCCCCc3nc4ccc(OC)cc4nc3O2)[C@@H]1[C-]=O.[V].[V].[V]. The molecule has 135 heavy (non-hydrogen) atoms. The van der Waals surface area contributed by atoms with Crippen molar-refractivity contribution < 1.29 is 141 Å². The third-order valence-electron chi connectivity index (χ3n) is 31.8. The van der Waals surface area contributed by atoms with Crippen molar-refractivity contribution in [3.63, 3.8) is 0 Å². The van der Waals surface area contributed by atoms with Gasteiger partial charge in [-0.2, -0.15) is 0 Å². The van der Waals surface area contributed by atoms with Crippen molar-refractivity contribution in [2.45, 2.75) is 345 Å². The average Bonchev–Trinajstić information content (AvgIpc) is 1.64. The number of methoxy groups -OCH3 is 3. The number of amides is 3. The van der Waals surface area contributed by atoms with Gasteiger partial charge in [0.15, 0.2) is 0 Å². The summed E-state index contributed by atoms with van der Waals surface area (Å²) in [5.41, 5.74) is 6.29. The number of benzene rings is 3. The molecule has 12 aliphatic rings. The van der Waals surface area contributed by atoms with E-state index in [0.717, 1.165) is 239 Å². The summed E-state index contributed by atoms with van der Waals surface area (Å²) in [6.07, 6.45) is 41.5. The molecule has 6 aromatic rings. The molecule has 6 bridgehead atoms. The van der Waals surface area contributed by atoms with Crippen LogP contribution in [0, 0.1) is 71.0 Å². The van der Waals surface area contributed by atoms with Crippen molar-refractivity contribution >= 4 is 87.6 Å². The Morgan fingerprint density at radius 3 is 1.02 bits per heavy atom. The smallest absolute Gasteiger partial charge is 0.307 e. The zero-order valence-corrected chi connectivity index (χ0v) is 84.3. The van der Waals surface area contributed by atoms with Gasteiger partial charge >= 0.3 is 17.9 Å². The maximum Gasteiger partial charge on any atom is 0.307 e. The van der Waals surface area contributed by atoms with Crippen LogP contribution in [0.5, 0.6) is 34.9 Å². The van der Waals surface area contributed by atoms with E-state index >= 15 is 0 Å². The van der Waals surface area contributed by atoms with Gasteiger partial charge in [-0.15, -0.1) is 0 Å². The number of hydrogen-bond donors (Lipinski definition) is 0. The van der Waals surface area contributed by atoms with Crippen LogP contribution in [0.1, 0.15) is 289 Å². The maximum absolute atomic E-state index is 14.4. The molecule has 18 atom stereocenters. The van der Waals surface area contributed by atoms with Gasteiger partial charge in [-0.3, -0.25) is 28.8 Å². The molecule has 3 saturated heterocycles. The van der Waals surface area contributed by atoms with Crippen LogP contribution in [0.3, 0.4) is 0 Å². The fourth-order valence-corrected chi connectivity index (χ4v) is 24.0. The van der Waals surface area contributed by atoms with Gasteiger partial charge in [0.25, 0.3) is 0 Å². The standard InChI is InChI=1S/C36H48N3O6.C35H46N3O6.C34H44N3O6.3V/c1-3-26-31(22-40)39-21-33(26)45-35-29(37-28-18-17-25(43-2)19-30(28)38-35)15-9-5-8-13-24-14-10-16-32(24)44-34(41)20-27(36(39)42)23-11-6-4-7-12-23;1-4-25-30(21-39)38-20-31(25)43-33-28(36-27-16-15-24(42-3)17-29(27)37-33)14-10-6-9-13-23-19-35(23,2)44-32(40)18-26(34(38)41)22-11-7-5-8-12-22;1-3-24-29(20-38)37-19-31(24)43-33-27(35-26-15-14-23(41-2)17-28(26)36-33)13-9-5-8-12-22-16-30(22)42-32(39)18-25(34(37)40)21-10-6-4-7-11-21;;;/h17-19,23-24,26-27,31-33H,3-16,20-21H2,1-2H3;15-17,22-23,25-26,30-31H,4-14,18-20H2,1-3H3;14-15,17,21-22,24-25,29-31H,3-13,16,18-19H2,1-2H3;;;/q3*-1;;;/t24-,26+,27+,31-,32-,33+;23-,25+,26+,30-,31+,35-;22-,24+,25+,29-,30-,31+;;;/m111.../s1. The summed E-state index contributed by atoms with van der Waals surface area (Å²) in [6, 6.07) is 14.7. The second-order valence-corrected chi connectivity index (χ2v) is 40.2. The van der Waals surface area contributed by atoms with E-state index in [1.54, 1.807) is 36.0 Å². The van der Waals surface area contributed by atoms with Crippen molar-refractivity contribution in [3.8, 4) is 34.9 Å². The van der Waals surface area contributed by atoms with E-state index in [1.807, 2.05) is 82.3 Å². The molecule has 30 heteroatoms. The second kappa shape index (κ2) is 48.8. The first-order valence-electron chi connectivity index (χ1n) is 50.5. The molecular formula is C105H138N9O18V3-3. The van der Waals surface area contributed by atoms with Crippen LogP contribution in [0.15, 0.2) is 54.6 Å². The molecule has 18 rings (SSSR count). The number of hydrogen-bond acceptors (Lipinski definition) is 24. The predicted octanol–water partition coefficient (Wildman–Crippen LogP) is 17.3. The number of ether oxygens (including phenoxy) is 9. The van der Waals surface area contributed by atoms with Gasteiger partial charge in [0.2, 0.25) is 35.4 Å². The first kappa shape index (κ1) is 104. The summed E-state index contributed by atoms with van der Waals surface area (Å²) < 4.78 is 54.3. The molecule has 729 valence electrons. The largest absolute Gasteiger partial charge is 0.540 e. The normalized spacial score (nSPS) is 30.4. The minimum absolute atomic E-state index is 0. The molecule has 3 aromatic carbocycles. The average molecular weight is 1970 g/mol. The third-order valence-corrected chi connectivity index (χ3v) is 31.8. The van der Waals surface area contributed by atoms with Gasteiger partial charge in [-0.25, -0.2) is 48.8 Å². The molecular weight excluding hydrogens is 1830 g/mol. The van der Waals surface area contributed by atoms with Crippen LogP contribution in [0.25, 0.3) is 33.1 Å². The summed E-state index contributed by atoms with van der Waals surface area (Å²) in [4.78, 5) is 155. The number of carbonyl (C=O) groups excluding carboxylic acids is 9. The quantitative estimate of drug-likeness (QED) is 0.0624. The van der Waals surface area contributed by atoms with Crippen LogP contribution in [0.4, 0.5) is 0 Å². The molecule has 9 heterocycles. The molecule has 9 fully saturated rings. The molecule has 3 aromatic heterocycles. The van der Waals surface area contributed by atoms with Gasteiger partial charge in [-0.1, -0.05) is 154 Å². The first-order chi connectivity index (χ1) is 64.3. The van der Waals surface area contributed by atoms with Crippen molar-refractivity contribution in [2.75, 3.05) is 41.0 Å². The number of aromatic nitrogens is 6. The minimum Gasteiger partial charge on any atom is -0.540 e. The number of esters is 3. The molecule has 6 aliphatic carbocycles. The number of aryl methyl sites for hydroxylation is 3. The Balaban J connectivity index is 0.000000170. The molecule has 0 N–H and O–H groups in total. The molecule has 3 radical (unpaired) electrons. The van der Waals surface area contributed by atoms with Gasteiger partial charge in [-0.05, 0) is 219 Å². The van der Waals surface area contributed by atoms with Crippen LogP contribution >= 0.6 is 0 Å². The molecule has 6 aliphatic heterocycles. The van der Waals surface area contributed by atoms with Crippen LogP contribution < -0.4 is 28.4 Å². The van der Waals surface area contributed by atoms with E-state index in [1.165, 1.54) is 0 Å². The topological polar surface area (TPSA) is 324 Å². The van der Waals surface area contributed by atoms with Gasteiger partial charge in [0.05, 0.1) is 111 Å². The van der Waals surface area contributed by atoms with Gasteiger partial charge < -0.3 is 71.7 Å². The number of nitrogens with zero attached hydrogens (tertiary/aromatic N) is 9. The van der Waals surface area contributed by atoms with Crippen LogP contribution in [-0.4, -0.2) is 194 Å². The Morgan fingerprint density at radius 1 is 0.356 bits per heavy atom. The maximum atomic E-state index is 14.4. The Bertz CT molecular complexity index is 5060. The van der Waals surface area contributed by atoms with E-state index in [9.17, 15) is 43.2 Å². The molecule has 0 spiro atoms.